The molecule has 0 aromatic carbocycles. The molecule has 22 heavy (non-hydrogen) atoms. The molecular formula is C15H18N4O3. The van der Waals surface area contributed by atoms with Gasteiger partial charge in [0.05, 0.1) is 12.1 Å². The number of hydrogen-bond acceptors (Lipinski definition) is 4. The Bertz CT molecular complexity index is 753. The first-order valence-corrected chi connectivity index (χ1v) is 7.33. The van der Waals surface area contributed by atoms with Gasteiger partial charge in [-0.25, -0.2) is 9.50 Å². The van der Waals surface area contributed by atoms with E-state index in [0.29, 0.717) is 24.1 Å². The van der Waals surface area contributed by atoms with Crippen molar-refractivity contribution in [2.45, 2.75) is 39.2 Å². The van der Waals surface area contributed by atoms with Gasteiger partial charge >= 0.3 is 5.97 Å². The first-order chi connectivity index (χ1) is 10.5. The minimum Gasteiger partial charge on any atom is -0.481 e. The van der Waals surface area contributed by atoms with Crippen LogP contribution in [0.4, 0.5) is 0 Å². The van der Waals surface area contributed by atoms with Crippen LogP contribution in [0.2, 0.25) is 0 Å². The molecule has 1 aliphatic rings. The summed E-state index contributed by atoms with van der Waals surface area (Å²) in [6.45, 7) is 3.76. The molecule has 2 aromatic heterocycles. The highest BCUT2D eigenvalue weighted by molar-refractivity contribution is 6.00. The number of hydrogen-bond donors (Lipinski definition) is 2. The molecule has 3 rings (SSSR count). The van der Waals surface area contributed by atoms with E-state index in [1.165, 1.54) is 6.20 Å². The highest BCUT2D eigenvalue weighted by Crippen LogP contribution is 2.26. The molecule has 0 aliphatic heterocycles. The molecule has 2 atom stereocenters. The van der Waals surface area contributed by atoms with Gasteiger partial charge in [0.25, 0.3) is 5.91 Å². The van der Waals surface area contributed by atoms with Crippen LogP contribution in [0.3, 0.4) is 0 Å². The molecule has 2 unspecified atom stereocenters. The summed E-state index contributed by atoms with van der Waals surface area (Å²) >= 11 is 0. The van der Waals surface area contributed by atoms with Crippen molar-refractivity contribution < 1.29 is 14.7 Å². The van der Waals surface area contributed by atoms with E-state index in [1.54, 1.807) is 4.52 Å². The molecule has 0 saturated heterocycles. The largest absolute Gasteiger partial charge is 0.481 e. The van der Waals surface area contributed by atoms with Crippen molar-refractivity contribution in [1.82, 2.24) is 19.9 Å². The van der Waals surface area contributed by atoms with E-state index in [2.05, 4.69) is 15.4 Å². The fraction of sp³-hybridized carbons (Fsp3) is 0.467. The van der Waals surface area contributed by atoms with Crippen LogP contribution in [0.25, 0.3) is 5.65 Å². The number of rotatable bonds is 3. The highest BCUT2D eigenvalue weighted by Gasteiger charge is 2.34. The zero-order valence-corrected chi connectivity index (χ0v) is 12.5. The lowest BCUT2D eigenvalue weighted by Gasteiger charge is -2.17. The predicted octanol–water partition coefficient (Wildman–Crippen LogP) is 1.33. The summed E-state index contributed by atoms with van der Waals surface area (Å²) in [5, 5.41) is 16.2. The average molecular weight is 302 g/mol. The summed E-state index contributed by atoms with van der Waals surface area (Å²) < 4.78 is 1.62. The lowest BCUT2D eigenvalue weighted by atomic mass is 10.0. The number of amides is 1. The second-order valence-electron chi connectivity index (χ2n) is 5.79. The van der Waals surface area contributed by atoms with Crippen LogP contribution in [0.1, 0.15) is 41.0 Å². The number of fused-ring (bicyclic) bond motifs is 1. The fourth-order valence-electron chi connectivity index (χ4n) is 3.11. The van der Waals surface area contributed by atoms with E-state index < -0.39 is 11.9 Å². The molecule has 1 saturated carbocycles. The van der Waals surface area contributed by atoms with Gasteiger partial charge in [0.15, 0.2) is 5.65 Å². The maximum atomic E-state index is 12.5. The SMILES string of the molecule is Cc1cc(C)n2ncc(C(=O)NC3CCCC3C(=O)O)c2n1. The Labute approximate surface area is 127 Å². The van der Waals surface area contributed by atoms with Crippen LogP contribution < -0.4 is 5.32 Å². The Morgan fingerprint density at radius 2 is 2.14 bits per heavy atom. The van der Waals surface area contributed by atoms with Crippen molar-refractivity contribution in [2.75, 3.05) is 0 Å². The summed E-state index contributed by atoms with van der Waals surface area (Å²) in [6.07, 6.45) is 3.58. The second-order valence-corrected chi connectivity index (χ2v) is 5.79. The Morgan fingerprint density at radius 1 is 1.36 bits per heavy atom. The molecule has 1 aliphatic carbocycles. The van der Waals surface area contributed by atoms with E-state index in [4.69, 9.17) is 0 Å². The van der Waals surface area contributed by atoms with Crippen LogP contribution >= 0.6 is 0 Å². The number of carboxylic acids is 1. The number of carbonyl (C=O) groups excluding carboxylic acids is 1. The topological polar surface area (TPSA) is 96.6 Å². The maximum absolute atomic E-state index is 12.5. The monoisotopic (exact) mass is 302 g/mol. The van der Waals surface area contributed by atoms with Gasteiger partial charge in [0, 0.05) is 17.4 Å². The summed E-state index contributed by atoms with van der Waals surface area (Å²) in [5.41, 5.74) is 2.58. The number of aliphatic carboxylic acids is 1. The first kappa shape index (κ1) is 14.5. The number of carbonyl (C=O) groups is 2. The minimum absolute atomic E-state index is 0.314. The van der Waals surface area contributed by atoms with Crippen molar-refractivity contribution in [3.8, 4) is 0 Å². The van der Waals surface area contributed by atoms with Gasteiger partial charge in [-0.1, -0.05) is 6.42 Å². The number of aromatic nitrogens is 3. The van der Waals surface area contributed by atoms with Gasteiger partial charge in [-0.05, 0) is 32.8 Å². The van der Waals surface area contributed by atoms with Crippen LogP contribution in [0.15, 0.2) is 12.3 Å². The molecule has 1 fully saturated rings. The number of nitrogens with one attached hydrogen (secondary N) is 1. The lowest BCUT2D eigenvalue weighted by Crippen LogP contribution is -2.40. The third-order valence-corrected chi connectivity index (χ3v) is 4.17. The second kappa shape index (κ2) is 5.40. The van der Waals surface area contributed by atoms with E-state index >= 15 is 0 Å². The first-order valence-electron chi connectivity index (χ1n) is 7.33. The normalized spacial score (nSPS) is 21.2. The van der Waals surface area contributed by atoms with Gasteiger partial charge in [-0.15, -0.1) is 0 Å². The van der Waals surface area contributed by atoms with Crippen molar-refractivity contribution >= 4 is 17.5 Å². The molecule has 2 heterocycles. The molecule has 7 nitrogen and oxygen atoms in total. The standard InChI is InChI=1S/C15H18N4O3/c1-8-6-9(2)19-13(17-8)11(7-16-19)14(20)18-12-5-3-4-10(12)15(21)22/h6-7,10,12H,3-5H2,1-2H3,(H,18,20)(H,21,22). The third kappa shape index (κ3) is 2.43. The molecule has 2 N–H and O–H groups in total. The summed E-state index contributed by atoms with van der Waals surface area (Å²) in [6, 6.07) is 1.56. The van der Waals surface area contributed by atoms with Gasteiger partial charge < -0.3 is 10.4 Å². The third-order valence-electron chi connectivity index (χ3n) is 4.17. The van der Waals surface area contributed by atoms with Crippen LogP contribution in [0.5, 0.6) is 0 Å². The Kier molecular flexibility index (Phi) is 3.56. The zero-order valence-electron chi connectivity index (χ0n) is 12.5. The summed E-state index contributed by atoms with van der Waals surface area (Å²) in [5.74, 6) is -1.68. The Morgan fingerprint density at radius 3 is 2.86 bits per heavy atom. The predicted molar refractivity (Wildman–Crippen MR) is 78.7 cm³/mol. The summed E-state index contributed by atoms with van der Waals surface area (Å²) in [4.78, 5) is 28.0. The van der Waals surface area contributed by atoms with Crippen molar-refractivity contribution in [2.24, 2.45) is 5.92 Å². The Balaban J connectivity index is 1.88. The number of nitrogens with zero attached hydrogens (tertiary/aromatic N) is 3. The van der Waals surface area contributed by atoms with Crippen LogP contribution in [-0.2, 0) is 4.79 Å². The maximum Gasteiger partial charge on any atom is 0.308 e. The van der Waals surface area contributed by atoms with E-state index in [9.17, 15) is 14.7 Å². The van der Waals surface area contributed by atoms with E-state index in [1.807, 2.05) is 19.9 Å². The van der Waals surface area contributed by atoms with Gasteiger partial charge in [-0.2, -0.15) is 5.10 Å². The van der Waals surface area contributed by atoms with Gasteiger partial charge in [-0.3, -0.25) is 9.59 Å². The molecule has 0 spiro atoms. The molecule has 116 valence electrons. The van der Waals surface area contributed by atoms with Crippen molar-refractivity contribution in [3.63, 3.8) is 0 Å². The molecule has 1 amide bonds. The zero-order chi connectivity index (χ0) is 15.9. The van der Waals surface area contributed by atoms with Gasteiger partial charge in [0.2, 0.25) is 0 Å². The van der Waals surface area contributed by atoms with E-state index in [0.717, 1.165) is 17.8 Å². The minimum atomic E-state index is -0.854. The number of carboxylic acid groups (broad SMARTS) is 1. The van der Waals surface area contributed by atoms with Crippen LogP contribution in [-0.4, -0.2) is 37.6 Å². The quantitative estimate of drug-likeness (QED) is 0.891. The van der Waals surface area contributed by atoms with Gasteiger partial charge in [0.1, 0.15) is 5.56 Å². The highest BCUT2D eigenvalue weighted by atomic mass is 16.4. The van der Waals surface area contributed by atoms with E-state index in [-0.39, 0.29) is 11.9 Å². The lowest BCUT2D eigenvalue weighted by molar-refractivity contribution is -0.142. The summed E-state index contributed by atoms with van der Waals surface area (Å²) in [7, 11) is 0. The van der Waals surface area contributed by atoms with Crippen LogP contribution in [0, 0.1) is 19.8 Å². The number of aryl methyl sites for hydroxylation is 2. The fourth-order valence-corrected chi connectivity index (χ4v) is 3.11. The molecule has 7 heteroatoms. The molecule has 0 bridgehead atoms. The smallest absolute Gasteiger partial charge is 0.308 e. The molecular weight excluding hydrogens is 284 g/mol. The van der Waals surface area contributed by atoms with Crippen molar-refractivity contribution in [1.29, 1.82) is 0 Å². The molecule has 2 aromatic rings. The van der Waals surface area contributed by atoms with Crippen molar-refractivity contribution in [3.05, 3.63) is 29.2 Å². The molecule has 0 radical (unpaired) electrons. The average Bonchev–Trinajstić information content (AvgIpc) is 3.04. The Hall–Kier alpha value is -2.44.